The SMILES string of the molecule is O=c1cc(N2CCC(O)CC2)cnn1[C@@H]1CCCN(Cc2cccc3ccccc23)C1. The molecule has 0 radical (unpaired) electrons. The van der Waals surface area contributed by atoms with Crippen molar-refractivity contribution in [1.82, 2.24) is 14.7 Å². The first-order chi connectivity index (χ1) is 15.2. The lowest BCUT2D eigenvalue weighted by Crippen LogP contribution is -2.41. The largest absolute Gasteiger partial charge is 0.393 e. The van der Waals surface area contributed by atoms with Crippen LogP contribution in [-0.2, 0) is 6.54 Å². The van der Waals surface area contributed by atoms with Gasteiger partial charge in [0.05, 0.1) is 24.0 Å². The predicted octanol–water partition coefficient (Wildman–Crippen LogP) is 3.19. The highest BCUT2D eigenvalue weighted by molar-refractivity contribution is 5.85. The van der Waals surface area contributed by atoms with Crippen molar-refractivity contribution in [2.24, 2.45) is 0 Å². The fraction of sp³-hybridized carbons (Fsp3) is 0.440. The molecule has 0 aliphatic carbocycles. The van der Waals surface area contributed by atoms with Crippen molar-refractivity contribution < 1.29 is 5.11 Å². The van der Waals surface area contributed by atoms with Gasteiger partial charge in [-0.25, -0.2) is 4.68 Å². The summed E-state index contributed by atoms with van der Waals surface area (Å²) in [6, 6.07) is 16.8. The molecule has 2 saturated heterocycles. The molecule has 6 heteroatoms. The Bertz CT molecular complexity index is 1100. The lowest BCUT2D eigenvalue weighted by Gasteiger charge is -2.34. The van der Waals surface area contributed by atoms with Gasteiger partial charge in [0.15, 0.2) is 0 Å². The minimum Gasteiger partial charge on any atom is -0.393 e. The third-order valence-corrected chi connectivity index (χ3v) is 6.74. The standard InChI is InChI=1S/C25H30N4O2/c30-23-10-13-28(14-11-23)22-15-25(31)29(26-16-22)21-8-4-12-27(18-21)17-20-7-3-6-19-5-1-2-9-24(19)20/h1-3,5-7,9,15-16,21,23,30H,4,8,10-14,17-18H2/t21-/m1/s1. The molecule has 3 heterocycles. The average molecular weight is 419 g/mol. The van der Waals surface area contributed by atoms with Crippen LogP contribution in [0.3, 0.4) is 0 Å². The quantitative estimate of drug-likeness (QED) is 0.705. The molecule has 0 unspecified atom stereocenters. The van der Waals surface area contributed by atoms with Crippen molar-refractivity contribution in [1.29, 1.82) is 0 Å². The lowest BCUT2D eigenvalue weighted by atomic mass is 10.0. The Morgan fingerprint density at radius 3 is 2.65 bits per heavy atom. The van der Waals surface area contributed by atoms with Crippen molar-refractivity contribution >= 4 is 16.5 Å². The van der Waals surface area contributed by atoms with E-state index in [1.807, 2.05) is 6.20 Å². The summed E-state index contributed by atoms with van der Waals surface area (Å²) in [5, 5.41) is 16.9. The van der Waals surface area contributed by atoms with Gasteiger partial charge < -0.3 is 10.0 Å². The van der Waals surface area contributed by atoms with E-state index in [1.165, 1.54) is 16.3 Å². The molecular formula is C25H30N4O2. The Balaban J connectivity index is 1.30. The summed E-state index contributed by atoms with van der Waals surface area (Å²) in [7, 11) is 0. The van der Waals surface area contributed by atoms with E-state index in [1.54, 1.807) is 10.7 Å². The third-order valence-electron chi connectivity index (χ3n) is 6.74. The van der Waals surface area contributed by atoms with Gasteiger partial charge in [-0.3, -0.25) is 9.69 Å². The smallest absolute Gasteiger partial charge is 0.269 e. The number of benzene rings is 2. The number of aliphatic hydroxyl groups is 1. The molecule has 0 amide bonds. The van der Waals surface area contributed by atoms with Crippen molar-refractivity contribution in [3.8, 4) is 0 Å². The molecule has 6 nitrogen and oxygen atoms in total. The molecule has 1 aromatic heterocycles. The monoisotopic (exact) mass is 418 g/mol. The van der Waals surface area contributed by atoms with Crippen LogP contribution in [0.25, 0.3) is 10.8 Å². The van der Waals surface area contributed by atoms with Crippen molar-refractivity contribution in [3.05, 3.63) is 70.6 Å². The number of hydrogen-bond donors (Lipinski definition) is 1. The first kappa shape index (κ1) is 20.2. The Morgan fingerprint density at radius 2 is 1.81 bits per heavy atom. The number of nitrogens with zero attached hydrogens (tertiary/aromatic N) is 4. The van der Waals surface area contributed by atoms with E-state index in [9.17, 15) is 9.90 Å². The second kappa shape index (κ2) is 8.81. The summed E-state index contributed by atoms with van der Waals surface area (Å²) in [5.74, 6) is 0. The topological polar surface area (TPSA) is 61.6 Å². The summed E-state index contributed by atoms with van der Waals surface area (Å²) in [6.07, 6.45) is 5.13. The van der Waals surface area contributed by atoms with E-state index in [4.69, 9.17) is 0 Å². The number of aromatic nitrogens is 2. The highest BCUT2D eigenvalue weighted by atomic mass is 16.3. The molecule has 2 fully saturated rings. The van der Waals surface area contributed by atoms with Crippen LogP contribution in [0.4, 0.5) is 5.69 Å². The Kier molecular flexibility index (Phi) is 5.74. The fourth-order valence-electron chi connectivity index (χ4n) is 5.03. The fourth-order valence-corrected chi connectivity index (χ4v) is 5.03. The molecule has 1 atom stereocenters. The molecule has 3 aromatic rings. The van der Waals surface area contributed by atoms with E-state index in [0.717, 1.165) is 64.1 Å². The Hall–Kier alpha value is -2.70. The number of rotatable bonds is 4. The minimum atomic E-state index is -0.223. The van der Waals surface area contributed by atoms with Gasteiger partial charge >= 0.3 is 0 Å². The van der Waals surface area contributed by atoms with Crippen molar-refractivity contribution in [2.45, 2.75) is 44.4 Å². The van der Waals surface area contributed by atoms with E-state index in [-0.39, 0.29) is 17.7 Å². The van der Waals surface area contributed by atoms with Crippen LogP contribution >= 0.6 is 0 Å². The van der Waals surface area contributed by atoms with Crippen LogP contribution in [0, 0.1) is 0 Å². The maximum atomic E-state index is 12.9. The third kappa shape index (κ3) is 4.36. The molecule has 2 aliphatic rings. The van der Waals surface area contributed by atoms with E-state index < -0.39 is 0 Å². The number of likely N-dealkylation sites (tertiary alicyclic amines) is 1. The van der Waals surface area contributed by atoms with Crippen LogP contribution in [0.2, 0.25) is 0 Å². The maximum Gasteiger partial charge on any atom is 0.269 e. The van der Waals surface area contributed by atoms with Gasteiger partial charge in [0.25, 0.3) is 5.56 Å². The lowest BCUT2D eigenvalue weighted by molar-refractivity contribution is 0.145. The van der Waals surface area contributed by atoms with Gasteiger partial charge in [-0.2, -0.15) is 5.10 Å². The minimum absolute atomic E-state index is 0.0272. The molecule has 2 aromatic carbocycles. The summed E-state index contributed by atoms with van der Waals surface area (Å²) >= 11 is 0. The van der Waals surface area contributed by atoms with E-state index in [0.29, 0.717) is 0 Å². The number of aliphatic hydroxyl groups excluding tert-OH is 1. The zero-order chi connectivity index (χ0) is 21.2. The van der Waals surface area contributed by atoms with Crippen LogP contribution in [0.1, 0.15) is 37.3 Å². The second-order valence-electron chi connectivity index (χ2n) is 8.88. The molecule has 5 rings (SSSR count). The van der Waals surface area contributed by atoms with Gasteiger partial charge in [-0.15, -0.1) is 0 Å². The maximum absolute atomic E-state index is 12.9. The molecule has 162 valence electrons. The molecular weight excluding hydrogens is 388 g/mol. The average Bonchev–Trinajstić information content (AvgIpc) is 2.80. The van der Waals surface area contributed by atoms with Crippen LogP contribution in [-0.4, -0.2) is 52.1 Å². The van der Waals surface area contributed by atoms with E-state index in [2.05, 4.69) is 57.4 Å². The van der Waals surface area contributed by atoms with Gasteiger partial charge in [0, 0.05) is 32.2 Å². The number of hydrogen-bond acceptors (Lipinski definition) is 5. The van der Waals surface area contributed by atoms with Crippen molar-refractivity contribution in [2.75, 3.05) is 31.1 Å². The van der Waals surface area contributed by atoms with Gasteiger partial charge in [-0.05, 0) is 48.6 Å². The summed E-state index contributed by atoms with van der Waals surface area (Å²) < 4.78 is 1.68. The Morgan fingerprint density at radius 1 is 1.00 bits per heavy atom. The number of anilines is 1. The predicted molar refractivity (Wildman–Crippen MR) is 123 cm³/mol. The Labute approximate surface area is 182 Å². The zero-order valence-corrected chi connectivity index (χ0v) is 17.9. The molecule has 1 N–H and O–H groups in total. The van der Waals surface area contributed by atoms with Gasteiger partial charge in [-0.1, -0.05) is 42.5 Å². The highest BCUT2D eigenvalue weighted by Gasteiger charge is 2.24. The molecule has 0 saturated carbocycles. The molecule has 2 aliphatic heterocycles. The second-order valence-corrected chi connectivity index (χ2v) is 8.88. The van der Waals surface area contributed by atoms with Gasteiger partial charge in [0.1, 0.15) is 0 Å². The summed E-state index contributed by atoms with van der Waals surface area (Å²) in [6.45, 7) is 4.32. The molecule has 0 bridgehead atoms. The normalized spacial score (nSPS) is 20.9. The summed E-state index contributed by atoms with van der Waals surface area (Å²) in [5.41, 5.74) is 2.18. The van der Waals surface area contributed by atoms with Crippen LogP contribution in [0.15, 0.2) is 59.5 Å². The number of piperidine rings is 2. The van der Waals surface area contributed by atoms with Crippen molar-refractivity contribution in [3.63, 3.8) is 0 Å². The zero-order valence-electron chi connectivity index (χ0n) is 17.9. The van der Waals surface area contributed by atoms with Crippen LogP contribution in [0.5, 0.6) is 0 Å². The molecule has 31 heavy (non-hydrogen) atoms. The summed E-state index contributed by atoms with van der Waals surface area (Å²) in [4.78, 5) is 17.5. The number of fused-ring (bicyclic) bond motifs is 1. The first-order valence-corrected chi connectivity index (χ1v) is 11.4. The van der Waals surface area contributed by atoms with Crippen LogP contribution < -0.4 is 10.5 Å². The first-order valence-electron chi connectivity index (χ1n) is 11.4. The van der Waals surface area contributed by atoms with E-state index >= 15 is 0 Å². The molecule has 0 spiro atoms. The highest BCUT2D eigenvalue weighted by Crippen LogP contribution is 2.25. The van der Waals surface area contributed by atoms with Gasteiger partial charge in [0.2, 0.25) is 0 Å².